The van der Waals surface area contributed by atoms with Crippen LogP contribution in [-0.2, 0) is 13.2 Å². The van der Waals surface area contributed by atoms with Crippen LogP contribution in [0.1, 0.15) is 24.4 Å². The predicted octanol–water partition coefficient (Wildman–Crippen LogP) is 1.30. The smallest absolute Gasteiger partial charge is 0.129 e. The van der Waals surface area contributed by atoms with E-state index in [9.17, 15) is 0 Å². The van der Waals surface area contributed by atoms with Gasteiger partial charge in [0.05, 0.1) is 6.54 Å². The quantitative estimate of drug-likeness (QED) is 0.858. The van der Waals surface area contributed by atoms with Crippen molar-refractivity contribution in [3.05, 3.63) is 23.7 Å². The van der Waals surface area contributed by atoms with Crippen LogP contribution >= 0.6 is 0 Å². The molecule has 0 radical (unpaired) electrons. The molecule has 0 aromatic carbocycles. The number of likely N-dealkylation sites (N-methyl/N-ethyl adjacent to an activating group) is 2. The Bertz CT molecular complexity index is 351. The summed E-state index contributed by atoms with van der Waals surface area (Å²) < 4.78 is 5.52. The lowest BCUT2D eigenvalue weighted by molar-refractivity contribution is 0.122. The van der Waals surface area contributed by atoms with E-state index < -0.39 is 0 Å². The van der Waals surface area contributed by atoms with Gasteiger partial charge in [-0.15, -0.1) is 0 Å². The molecule has 4 heteroatoms. The van der Waals surface area contributed by atoms with Crippen LogP contribution in [-0.4, -0.2) is 48.1 Å². The summed E-state index contributed by atoms with van der Waals surface area (Å²) in [6.07, 6.45) is 2.53. The van der Waals surface area contributed by atoms with Crippen LogP contribution in [0.3, 0.4) is 0 Å². The molecule has 1 unspecified atom stereocenters. The van der Waals surface area contributed by atoms with Gasteiger partial charge in [0.15, 0.2) is 0 Å². The Morgan fingerprint density at radius 1 is 1.47 bits per heavy atom. The highest BCUT2D eigenvalue weighted by Gasteiger charge is 2.21. The Labute approximate surface area is 103 Å². The van der Waals surface area contributed by atoms with E-state index in [1.54, 1.807) is 0 Å². The standard InChI is InChI=1S/C13H22N2O2/c1-14-7-3-4-11(8-14)15(2)9-12-5-6-13(10-16)17-12/h5-6,11,16H,3-4,7-10H2,1-2H3. The third-order valence-electron chi connectivity index (χ3n) is 3.50. The highest BCUT2D eigenvalue weighted by molar-refractivity contribution is 5.06. The zero-order valence-corrected chi connectivity index (χ0v) is 10.7. The minimum atomic E-state index is -0.0180. The molecule has 1 aliphatic heterocycles. The van der Waals surface area contributed by atoms with Crippen molar-refractivity contribution in [2.24, 2.45) is 0 Å². The number of hydrogen-bond donors (Lipinski definition) is 1. The summed E-state index contributed by atoms with van der Waals surface area (Å²) in [5, 5.41) is 8.95. The van der Waals surface area contributed by atoms with Crippen LogP contribution in [0.25, 0.3) is 0 Å². The maximum absolute atomic E-state index is 8.95. The fraction of sp³-hybridized carbons (Fsp3) is 0.692. The molecule has 1 N–H and O–H groups in total. The first-order valence-corrected chi connectivity index (χ1v) is 6.26. The Kier molecular flexibility index (Phi) is 4.20. The fourth-order valence-electron chi connectivity index (χ4n) is 2.47. The summed E-state index contributed by atoms with van der Waals surface area (Å²) in [6, 6.07) is 4.40. The van der Waals surface area contributed by atoms with Gasteiger partial charge in [0, 0.05) is 12.6 Å². The average molecular weight is 238 g/mol. The molecule has 0 bridgehead atoms. The molecule has 1 aromatic rings. The van der Waals surface area contributed by atoms with Crippen molar-refractivity contribution < 1.29 is 9.52 Å². The molecule has 0 amide bonds. The number of hydrogen-bond acceptors (Lipinski definition) is 4. The van der Waals surface area contributed by atoms with E-state index in [2.05, 4.69) is 23.9 Å². The lowest BCUT2D eigenvalue weighted by atomic mass is 10.1. The highest BCUT2D eigenvalue weighted by atomic mass is 16.4. The molecule has 2 rings (SSSR count). The number of furan rings is 1. The third-order valence-corrected chi connectivity index (χ3v) is 3.50. The van der Waals surface area contributed by atoms with Crippen molar-refractivity contribution in [3.63, 3.8) is 0 Å². The summed E-state index contributed by atoms with van der Waals surface area (Å²) in [4.78, 5) is 4.72. The maximum atomic E-state index is 8.95. The van der Waals surface area contributed by atoms with Gasteiger partial charge in [-0.05, 0) is 45.6 Å². The minimum absolute atomic E-state index is 0.0180. The topological polar surface area (TPSA) is 39.9 Å². The van der Waals surface area contributed by atoms with Gasteiger partial charge in [-0.2, -0.15) is 0 Å². The Morgan fingerprint density at radius 3 is 2.88 bits per heavy atom. The second kappa shape index (κ2) is 5.67. The van der Waals surface area contributed by atoms with Gasteiger partial charge in [-0.3, -0.25) is 4.90 Å². The van der Waals surface area contributed by atoms with E-state index in [0.717, 1.165) is 18.8 Å². The molecule has 17 heavy (non-hydrogen) atoms. The predicted molar refractivity (Wildman–Crippen MR) is 66.6 cm³/mol. The number of likely N-dealkylation sites (tertiary alicyclic amines) is 1. The van der Waals surface area contributed by atoms with Gasteiger partial charge in [0.2, 0.25) is 0 Å². The molecule has 4 nitrogen and oxygen atoms in total. The van der Waals surface area contributed by atoms with Crippen LogP contribution in [0, 0.1) is 0 Å². The largest absolute Gasteiger partial charge is 0.462 e. The van der Waals surface area contributed by atoms with Crippen LogP contribution in [0.4, 0.5) is 0 Å². The first kappa shape index (κ1) is 12.6. The van der Waals surface area contributed by atoms with Crippen molar-refractivity contribution in [2.45, 2.75) is 32.0 Å². The molecular weight excluding hydrogens is 216 g/mol. The summed E-state index contributed by atoms with van der Waals surface area (Å²) in [6.45, 7) is 3.14. The Hall–Kier alpha value is -0.840. The van der Waals surface area contributed by atoms with Crippen molar-refractivity contribution in [2.75, 3.05) is 27.2 Å². The summed E-state index contributed by atoms with van der Waals surface area (Å²) in [5.74, 6) is 1.58. The molecule has 0 spiro atoms. The molecule has 1 aromatic heterocycles. The molecule has 1 atom stereocenters. The average Bonchev–Trinajstić information content (AvgIpc) is 2.77. The van der Waals surface area contributed by atoms with Gasteiger partial charge in [-0.1, -0.05) is 0 Å². The number of rotatable bonds is 4. The lowest BCUT2D eigenvalue weighted by Crippen LogP contribution is -2.44. The van der Waals surface area contributed by atoms with Crippen LogP contribution < -0.4 is 0 Å². The fourth-order valence-corrected chi connectivity index (χ4v) is 2.47. The highest BCUT2D eigenvalue weighted by Crippen LogP contribution is 2.17. The van der Waals surface area contributed by atoms with Crippen LogP contribution in [0.2, 0.25) is 0 Å². The lowest BCUT2D eigenvalue weighted by Gasteiger charge is -2.35. The molecular formula is C13H22N2O2. The molecule has 1 aliphatic rings. The van der Waals surface area contributed by atoms with Crippen molar-refractivity contribution >= 4 is 0 Å². The summed E-state index contributed by atoms with van der Waals surface area (Å²) in [7, 11) is 4.32. The molecule has 0 saturated carbocycles. The van der Waals surface area contributed by atoms with E-state index in [-0.39, 0.29) is 6.61 Å². The summed E-state index contributed by atoms with van der Waals surface area (Å²) >= 11 is 0. The van der Waals surface area contributed by atoms with Crippen LogP contribution in [0.15, 0.2) is 16.5 Å². The number of nitrogens with zero attached hydrogens (tertiary/aromatic N) is 2. The SMILES string of the molecule is CN1CCCC(N(C)Cc2ccc(CO)o2)C1. The van der Waals surface area contributed by atoms with Crippen molar-refractivity contribution in [1.29, 1.82) is 0 Å². The molecule has 96 valence electrons. The molecule has 0 aliphatic carbocycles. The van der Waals surface area contributed by atoms with Gasteiger partial charge < -0.3 is 14.4 Å². The number of aliphatic hydroxyl groups excluding tert-OH is 1. The van der Waals surface area contributed by atoms with Gasteiger partial charge >= 0.3 is 0 Å². The summed E-state index contributed by atoms with van der Waals surface area (Å²) in [5.41, 5.74) is 0. The second-order valence-electron chi connectivity index (χ2n) is 5.00. The first-order valence-electron chi connectivity index (χ1n) is 6.26. The van der Waals surface area contributed by atoms with Crippen molar-refractivity contribution in [3.8, 4) is 0 Å². The molecule has 1 saturated heterocycles. The van der Waals surface area contributed by atoms with E-state index in [1.807, 2.05) is 12.1 Å². The minimum Gasteiger partial charge on any atom is -0.462 e. The normalized spacial score (nSPS) is 22.2. The van der Waals surface area contributed by atoms with E-state index in [4.69, 9.17) is 9.52 Å². The van der Waals surface area contributed by atoms with Crippen LogP contribution in [0.5, 0.6) is 0 Å². The Morgan fingerprint density at radius 2 is 2.24 bits per heavy atom. The Balaban J connectivity index is 1.89. The zero-order chi connectivity index (χ0) is 12.3. The molecule has 1 fully saturated rings. The van der Waals surface area contributed by atoms with E-state index in [0.29, 0.717) is 11.8 Å². The van der Waals surface area contributed by atoms with Crippen molar-refractivity contribution in [1.82, 2.24) is 9.80 Å². The van der Waals surface area contributed by atoms with E-state index >= 15 is 0 Å². The third kappa shape index (κ3) is 3.31. The monoisotopic (exact) mass is 238 g/mol. The van der Waals surface area contributed by atoms with Gasteiger partial charge in [0.25, 0.3) is 0 Å². The molecule has 2 heterocycles. The zero-order valence-electron chi connectivity index (χ0n) is 10.7. The maximum Gasteiger partial charge on any atom is 0.129 e. The first-order chi connectivity index (χ1) is 8.19. The second-order valence-corrected chi connectivity index (χ2v) is 5.00. The van der Waals surface area contributed by atoms with E-state index in [1.165, 1.54) is 19.4 Å². The van der Waals surface area contributed by atoms with Gasteiger partial charge in [0.1, 0.15) is 18.1 Å². The number of piperidine rings is 1. The van der Waals surface area contributed by atoms with Gasteiger partial charge in [-0.25, -0.2) is 0 Å². The number of aliphatic hydroxyl groups is 1.